The zero-order valence-corrected chi connectivity index (χ0v) is 11.4. The smallest absolute Gasteiger partial charge is 0.0252 e. The second-order valence-electron chi connectivity index (χ2n) is 6.80. The minimum absolute atomic E-state index is 0.301. The maximum atomic E-state index is 3.69. The van der Waals surface area contributed by atoms with Crippen LogP contribution in [0.4, 0.5) is 0 Å². The normalized spacial score (nSPS) is 31.7. The molecule has 2 heteroatoms. The molecule has 16 heavy (non-hydrogen) atoms. The second-order valence-corrected chi connectivity index (χ2v) is 6.80. The highest BCUT2D eigenvalue weighted by molar-refractivity contribution is 4.94. The van der Waals surface area contributed by atoms with Gasteiger partial charge in [-0.3, -0.25) is 4.90 Å². The Hall–Kier alpha value is -0.0800. The lowest BCUT2D eigenvalue weighted by Gasteiger charge is -2.48. The summed E-state index contributed by atoms with van der Waals surface area (Å²) in [6.45, 7) is 13.1. The molecular formula is C14H28N2. The average molecular weight is 224 g/mol. The molecular weight excluding hydrogens is 196 g/mol. The molecule has 0 aromatic rings. The van der Waals surface area contributed by atoms with Gasteiger partial charge in [0.05, 0.1) is 0 Å². The summed E-state index contributed by atoms with van der Waals surface area (Å²) in [5.41, 5.74) is 0.301. The van der Waals surface area contributed by atoms with E-state index in [0.717, 1.165) is 24.4 Å². The van der Waals surface area contributed by atoms with E-state index in [2.05, 4.69) is 37.9 Å². The maximum absolute atomic E-state index is 3.69. The van der Waals surface area contributed by atoms with E-state index < -0.39 is 0 Å². The lowest BCUT2D eigenvalue weighted by molar-refractivity contribution is 0.0426. The van der Waals surface area contributed by atoms with E-state index in [9.17, 15) is 0 Å². The molecule has 2 aliphatic rings. The van der Waals surface area contributed by atoms with Crippen LogP contribution in [0, 0.1) is 11.8 Å². The largest absolute Gasteiger partial charge is 0.309 e. The van der Waals surface area contributed by atoms with Gasteiger partial charge >= 0.3 is 0 Å². The Balaban J connectivity index is 1.96. The summed E-state index contributed by atoms with van der Waals surface area (Å²) >= 11 is 0. The van der Waals surface area contributed by atoms with E-state index in [1.807, 2.05) is 0 Å². The molecule has 1 saturated heterocycles. The number of nitrogens with one attached hydrogen (secondary N) is 1. The third-order valence-electron chi connectivity index (χ3n) is 4.34. The summed E-state index contributed by atoms with van der Waals surface area (Å²) in [4.78, 5) is 2.75. The van der Waals surface area contributed by atoms with Crippen LogP contribution in [0.3, 0.4) is 0 Å². The minimum atomic E-state index is 0.301. The molecule has 1 N–H and O–H groups in total. The second kappa shape index (κ2) is 4.66. The SMILES string of the molecule is CC(C)C1CNC(C)(C)CN1CC1CCC1. The lowest BCUT2D eigenvalue weighted by Crippen LogP contribution is -2.63. The number of nitrogens with zero attached hydrogens (tertiary/aromatic N) is 1. The molecule has 0 amide bonds. The van der Waals surface area contributed by atoms with Gasteiger partial charge in [0, 0.05) is 31.2 Å². The predicted molar refractivity (Wildman–Crippen MR) is 69.6 cm³/mol. The van der Waals surface area contributed by atoms with Gasteiger partial charge in [0.15, 0.2) is 0 Å². The highest BCUT2D eigenvalue weighted by atomic mass is 15.3. The maximum Gasteiger partial charge on any atom is 0.0252 e. The first-order chi connectivity index (χ1) is 7.48. The molecule has 94 valence electrons. The minimum Gasteiger partial charge on any atom is -0.309 e. The first kappa shape index (κ1) is 12.4. The third kappa shape index (κ3) is 2.78. The lowest BCUT2D eigenvalue weighted by atomic mass is 9.83. The molecule has 0 spiro atoms. The van der Waals surface area contributed by atoms with Gasteiger partial charge in [0.1, 0.15) is 0 Å². The first-order valence-electron chi connectivity index (χ1n) is 6.97. The van der Waals surface area contributed by atoms with Gasteiger partial charge in [-0.15, -0.1) is 0 Å². The zero-order valence-electron chi connectivity index (χ0n) is 11.4. The Morgan fingerprint density at radius 2 is 2.00 bits per heavy atom. The highest BCUT2D eigenvalue weighted by Crippen LogP contribution is 2.30. The van der Waals surface area contributed by atoms with Crippen molar-refractivity contribution in [1.82, 2.24) is 10.2 Å². The topological polar surface area (TPSA) is 15.3 Å². The molecule has 1 heterocycles. The third-order valence-corrected chi connectivity index (χ3v) is 4.34. The van der Waals surface area contributed by atoms with Crippen LogP contribution in [0.2, 0.25) is 0 Å². The van der Waals surface area contributed by atoms with Crippen molar-refractivity contribution in [2.75, 3.05) is 19.6 Å². The van der Waals surface area contributed by atoms with E-state index in [-0.39, 0.29) is 0 Å². The van der Waals surface area contributed by atoms with Gasteiger partial charge in [-0.2, -0.15) is 0 Å². The molecule has 1 unspecified atom stereocenters. The van der Waals surface area contributed by atoms with Gasteiger partial charge in [-0.05, 0) is 38.5 Å². The van der Waals surface area contributed by atoms with Crippen molar-refractivity contribution < 1.29 is 0 Å². The summed E-state index contributed by atoms with van der Waals surface area (Å²) in [6, 6.07) is 0.744. The summed E-state index contributed by atoms with van der Waals surface area (Å²) in [5.74, 6) is 1.76. The van der Waals surface area contributed by atoms with Crippen LogP contribution >= 0.6 is 0 Å². The fourth-order valence-corrected chi connectivity index (χ4v) is 3.06. The van der Waals surface area contributed by atoms with E-state index in [1.165, 1.54) is 32.4 Å². The fraction of sp³-hybridized carbons (Fsp3) is 1.00. The van der Waals surface area contributed by atoms with Gasteiger partial charge < -0.3 is 5.32 Å². The van der Waals surface area contributed by atoms with Crippen LogP contribution in [-0.4, -0.2) is 36.1 Å². The molecule has 0 aromatic heterocycles. The fourth-order valence-electron chi connectivity index (χ4n) is 3.06. The Morgan fingerprint density at radius 1 is 1.31 bits per heavy atom. The van der Waals surface area contributed by atoms with Crippen LogP contribution in [0.25, 0.3) is 0 Å². The number of hydrogen-bond acceptors (Lipinski definition) is 2. The molecule has 2 nitrogen and oxygen atoms in total. The van der Waals surface area contributed by atoms with E-state index in [4.69, 9.17) is 0 Å². The molecule has 2 rings (SSSR count). The summed E-state index contributed by atoms with van der Waals surface area (Å²) in [5, 5.41) is 3.69. The van der Waals surface area contributed by atoms with Gasteiger partial charge in [0.2, 0.25) is 0 Å². The van der Waals surface area contributed by atoms with Crippen LogP contribution in [0.5, 0.6) is 0 Å². The quantitative estimate of drug-likeness (QED) is 0.792. The Labute approximate surface area is 101 Å². The van der Waals surface area contributed by atoms with Gasteiger partial charge in [-0.1, -0.05) is 20.3 Å². The molecule has 1 aliphatic heterocycles. The van der Waals surface area contributed by atoms with Crippen molar-refractivity contribution in [3.05, 3.63) is 0 Å². The standard InChI is InChI=1S/C14H28N2/c1-11(2)13-8-15-14(3,4)10-16(13)9-12-6-5-7-12/h11-13,15H,5-10H2,1-4H3. The molecule has 0 radical (unpaired) electrons. The average Bonchev–Trinajstić information content (AvgIpc) is 2.09. The Morgan fingerprint density at radius 3 is 2.50 bits per heavy atom. The molecule has 1 aliphatic carbocycles. The Kier molecular flexibility index (Phi) is 3.60. The number of piperazine rings is 1. The number of hydrogen-bond donors (Lipinski definition) is 1. The molecule has 1 atom stereocenters. The van der Waals surface area contributed by atoms with Crippen molar-refractivity contribution in [2.45, 2.75) is 58.5 Å². The van der Waals surface area contributed by atoms with Crippen molar-refractivity contribution >= 4 is 0 Å². The molecule has 0 bridgehead atoms. The van der Waals surface area contributed by atoms with Crippen LogP contribution < -0.4 is 5.32 Å². The summed E-state index contributed by atoms with van der Waals surface area (Å²) in [7, 11) is 0. The van der Waals surface area contributed by atoms with Crippen molar-refractivity contribution in [2.24, 2.45) is 11.8 Å². The van der Waals surface area contributed by atoms with E-state index >= 15 is 0 Å². The van der Waals surface area contributed by atoms with E-state index in [1.54, 1.807) is 0 Å². The van der Waals surface area contributed by atoms with E-state index in [0.29, 0.717) is 5.54 Å². The number of rotatable bonds is 3. The van der Waals surface area contributed by atoms with Gasteiger partial charge in [-0.25, -0.2) is 0 Å². The molecule has 1 saturated carbocycles. The zero-order chi connectivity index (χ0) is 11.8. The van der Waals surface area contributed by atoms with Crippen LogP contribution in [0.15, 0.2) is 0 Å². The van der Waals surface area contributed by atoms with Crippen molar-refractivity contribution in [3.8, 4) is 0 Å². The highest BCUT2D eigenvalue weighted by Gasteiger charge is 2.35. The summed E-state index contributed by atoms with van der Waals surface area (Å²) in [6.07, 6.45) is 4.40. The van der Waals surface area contributed by atoms with Crippen molar-refractivity contribution in [1.29, 1.82) is 0 Å². The van der Waals surface area contributed by atoms with Crippen molar-refractivity contribution in [3.63, 3.8) is 0 Å². The predicted octanol–water partition coefficient (Wildman–Crippen LogP) is 2.49. The molecule has 2 fully saturated rings. The Bertz CT molecular complexity index is 231. The summed E-state index contributed by atoms with van der Waals surface area (Å²) < 4.78 is 0. The van der Waals surface area contributed by atoms with Crippen LogP contribution in [0.1, 0.15) is 47.0 Å². The monoisotopic (exact) mass is 224 g/mol. The first-order valence-corrected chi connectivity index (χ1v) is 6.97. The van der Waals surface area contributed by atoms with Crippen LogP contribution in [-0.2, 0) is 0 Å². The van der Waals surface area contributed by atoms with Gasteiger partial charge in [0.25, 0.3) is 0 Å². The molecule has 0 aromatic carbocycles.